The number of halogens is 1. The number of benzene rings is 3. The second-order valence-electron chi connectivity index (χ2n) is 5.48. The van der Waals surface area contributed by atoms with E-state index in [0.717, 1.165) is 32.4 Å². The molecule has 26 heavy (non-hydrogen) atoms. The van der Waals surface area contributed by atoms with Crippen LogP contribution in [0.25, 0.3) is 10.2 Å². The van der Waals surface area contributed by atoms with Gasteiger partial charge in [0.05, 0.1) is 16.4 Å². The van der Waals surface area contributed by atoms with E-state index in [4.69, 9.17) is 16.3 Å². The maximum Gasteiger partial charge on any atom is 0.204 e. The summed E-state index contributed by atoms with van der Waals surface area (Å²) in [6.45, 7) is 0. The Morgan fingerprint density at radius 2 is 1.62 bits per heavy atom. The Morgan fingerprint density at radius 3 is 2.35 bits per heavy atom. The van der Waals surface area contributed by atoms with Crippen LogP contribution in [0, 0.1) is 0 Å². The Kier molecular flexibility index (Phi) is 4.82. The van der Waals surface area contributed by atoms with Crippen LogP contribution >= 0.6 is 22.9 Å². The number of para-hydroxylation sites is 1. The van der Waals surface area contributed by atoms with E-state index in [1.807, 2.05) is 60.7 Å². The monoisotopic (exact) mass is 379 g/mol. The standard InChI is InChI=1S/C20H14ClN3OS/c21-15-7-11-17(12-8-15)25-16-9-5-14(6-10-16)13-22-24-20-23-18-3-1-2-4-19(18)26-20/h1-13H,(H,23,24)/b22-13-. The molecule has 128 valence electrons. The van der Waals surface area contributed by atoms with Gasteiger partial charge in [0.1, 0.15) is 11.5 Å². The molecule has 0 aliphatic carbocycles. The van der Waals surface area contributed by atoms with Crippen LogP contribution in [0.4, 0.5) is 5.13 Å². The molecule has 4 rings (SSSR count). The van der Waals surface area contributed by atoms with E-state index >= 15 is 0 Å². The number of thiazole rings is 1. The third kappa shape index (κ3) is 4.02. The van der Waals surface area contributed by atoms with Crippen LogP contribution in [0.1, 0.15) is 5.56 Å². The number of fused-ring (bicyclic) bond motifs is 1. The molecule has 1 N–H and O–H groups in total. The molecule has 0 aliphatic heterocycles. The highest BCUT2D eigenvalue weighted by Gasteiger charge is 2.01. The first-order chi connectivity index (χ1) is 12.8. The van der Waals surface area contributed by atoms with E-state index in [-0.39, 0.29) is 0 Å². The average molecular weight is 380 g/mol. The van der Waals surface area contributed by atoms with Gasteiger partial charge in [0.15, 0.2) is 0 Å². The molecule has 0 fully saturated rings. The fraction of sp³-hybridized carbons (Fsp3) is 0. The molecule has 0 saturated carbocycles. The van der Waals surface area contributed by atoms with Gasteiger partial charge in [-0.05, 0) is 66.2 Å². The largest absolute Gasteiger partial charge is 0.457 e. The smallest absolute Gasteiger partial charge is 0.204 e. The molecular weight excluding hydrogens is 366 g/mol. The molecule has 6 heteroatoms. The van der Waals surface area contributed by atoms with Crippen LogP contribution in [0.2, 0.25) is 5.02 Å². The van der Waals surface area contributed by atoms with E-state index in [1.165, 1.54) is 0 Å². The first kappa shape index (κ1) is 16.6. The number of anilines is 1. The summed E-state index contributed by atoms with van der Waals surface area (Å²) in [5.74, 6) is 1.50. The van der Waals surface area contributed by atoms with Gasteiger partial charge in [-0.1, -0.05) is 35.1 Å². The van der Waals surface area contributed by atoms with Crippen molar-refractivity contribution in [1.29, 1.82) is 0 Å². The minimum Gasteiger partial charge on any atom is -0.457 e. The van der Waals surface area contributed by atoms with Crippen molar-refractivity contribution in [2.24, 2.45) is 5.10 Å². The van der Waals surface area contributed by atoms with Crippen LogP contribution in [0.5, 0.6) is 11.5 Å². The van der Waals surface area contributed by atoms with Crippen molar-refractivity contribution in [3.63, 3.8) is 0 Å². The van der Waals surface area contributed by atoms with Gasteiger partial charge in [-0.3, -0.25) is 5.43 Å². The maximum absolute atomic E-state index is 5.87. The van der Waals surface area contributed by atoms with Gasteiger partial charge in [-0.15, -0.1) is 0 Å². The first-order valence-corrected chi connectivity index (χ1v) is 9.14. The molecule has 0 radical (unpaired) electrons. The first-order valence-electron chi connectivity index (χ1n) is 7.94. The summed E-state index contributed by atoms with van der Waals surface area (Å²) >= 11 is 7.44. The number of ether oxygens (including phenoxy) is 1. The lowest BCUT2D eigenvalue weighted by molar-refractivity contribution is 0.482. The summed E-state index contributed by atoms with van der Waals surface area (Å²) in [4.78, 5) is 4.48. The second kappa shape index (κ2) is 7.56. The van der Waals surface area contributed by atoms with Crippen molar-refractivity contribution in [3.8, 4) is 11.5 Å². The summed E-state index contributed by atoms with van der Waals surface area (Å²) in [7, 11) is 0. The van der Waals surface area contributed by atoms with Gasteiger partial charge in [0.2, 0.25) is 5.13 Å². The Bertz CT molecular complexity index is 1010. The number of nitrogens with one attached hydrogen (secondary N) is 1. The molecule has 4 nitrogen and oxygen atoms in total. The minimum atomic E-state index is 0.685. The van der Waals surface area contributed by atoms with E-state index in [0.29, 0.717) is 5.02 Å². The highest BCUT2D eigenvalue weighted by molar-refractivity contribution is 7.22. The molecule has 0 saturated heterocycles. The van der Waals surface area contributed by atoms with Crippen LogP contribution in [0.3, 0.4) is 0 Å². The topological polar surface area (TPSA) is 46.5 Å². The molecule has 0 spiro atoms. The minimum absolute atomic E-state index is 0.685. The molecular formula is C20H14ClN3OS. The predicted octanol–water partition coefficient (Wildman–Crippen LogP) is 6.19. The van der Waals surface area contributed by atoms with Crippen LogP contribution in [-0.2, 0) is 0 Å². The summed E-state index contributed by atoms with van der Waals surface area (Å²) < 4.78 is 6.90. The predicted molar refractivity (Wildman–Crippen MR) is 109 cm³/mol. The van der Waals surface area contributed by atoms with Crippen LogP contribution in [0.15, 0.2) is 77.9 Å². The summed E-state index contributed by atoms with van der Waals surface area (Å²) in [6.07, 6.45) is 1.75. The van der Waals surface area contributed by atoms with E-state index in [9.17, 15) is 0 Å². The van der Waals surface area contributed by atoms with Crippen molar-refractivity contribution in [3.05, 3.63) is 83.4 Å². The molecule has 0 atom stereocenters. The van der Waals surface area contributed by atoms with Gasteiger partial charge >= 0.3 is 0 Å². The average Bonchev–Trinajstić information content (AvgIpc) is 3.08. The van der Waals surface area contributed by atoms with E-state index in [1.54, 1.807) is 29.7 Å². The Balaban J connectivity index is 1.38. The molecule has 0 aliphatic rings. The maximum atomic E-state index is 5.87. The third-order valence-corrected chi connectivity index (χ3v) is 4.79. The zero-order valence-corrected chi connectivity index (χ0v) is 15.2. The second-order valence-corrected chi connectivity index (χ2v) is 6.95. The number of aromatic nitrogens is 1. The zero-order valence-electron chi connectivity index (χ0n) is 13.6. The van der Waals surface area contributed by atoms with Crippen molar-refractivity contribution < 1.29 is 4.74 Å². The SMILES string of the molecule is Clc1ccc(Oc2ccc(/C=N\Nc3nc4ccccc4s3)cc2)cc1. The van der Waals surface area contributed by atoms with Crippen molar-refractivity contribution in [1.82, 2.24) is 4.98 Å². The summed E-state index contributed by atoms with van der Waals surface area (Å²) in [5, 5.41) is 5.70. The molecule has 4 aromatic rings. The fourth-order valence-electron chi connectivity index (χ4n) is 2.34. The Morgan fingerprint density at radius 1 is 0.923 bits per heavy atom. The normalized spacial score (nSPS) is 11.1. The lowest BCUT2D eigenvalue weighted by Crippen LogP contribution is -1.90. The highest BCUT2D eigenvalue weighted by Crippen LogP contribution is 2.25. The summed E-state index contributed by atoms with van der Waals surface area (Å²) in [6, 6.07) is 22.9. The molecule has 3 aromatic carbocycles. The number of hydrogen-bond donors (Lipinski definition) is 1. The number of hydrogen-bond acceptors (Lipinski definition) is 5. The third-order valence-electron chi connectivity index (χ3n) is 3.60. The fourth-order valence-corrected chi connectivity index (χ4v) is 3.28. The van der Waals surface area contributed by atoms with Gasteiger partial charge in [0, 0.05) is 5.02 Å². The number of nitrogens with zero attached hydrogens (tertiary/aromatic N) is 2. The number of hydrazone groups is 1. The number of rotatable bonds is 5. The zero-order chi connectivity index (χ0) is 17.8. The lowest BCUT2D eigenvalue weighted by Gasteiger charge is -2.05. The molecule has 1 aromatic heterocycles. The van der Waals surface area contributed by atoms with Gasteiger partial charge in [-0.25, -0.2) is 4.98 Å². The lowest BCUT2D eigenvalue weighted by atomic mass is 10.2. The highest BCUT2D eigenvalue weighted by atomic mass is 35.5. The van der Waals surface area contributed by atoms with Crippen molar-refractivity contribution in [2.75, 3.05) is 5.43 Å². The molecule has 1 heterocycles. The Hall–Kier alpha value is -2.89. The van der Waals surface area contributed by atoms with Gasteiger partial charge in [-0.2, -0.15) is 5.10 Å². The molecule has 0 unspecified atom stereocenters. The van der Waals surface area contributed by atoms with Crippen molar-refractivity contribution in [2.45, 2.75) is 0 Å². The quantitative estimate of drug-likeness (QED) is 0.332. The Labute approximate surface area is 159 Å². The van der Waals surface area contributed by atoms with Crippen molar-refractivity contribution >= 4 is 44.5 Å². The van der Waals surface area contributed by atoms with Gasteiger partial charge in [0.25, 0.3) is 0 Å². The molecule has 0 amide bonds. The van der Waals surface area contributed by atoms with Crippen LogP contribution < -0.4 is 10.2 Å². The van der Waals surface area contributed by atoms with E-state index < -0.39 is 0 Å². The summed E-state index contributed by atoms with van der Waals surface area (Å²) in [5.41, 5.74) is 4.91. The van der Waals surface area contributed by atoms with Gasteiger partial charge < -0.3 is 4.74 Å². The van der Waals surface area contributed by atoms with E-state index in [2.05, 4.69) is 15.5 Å². The van der Waals surface area contributed by atoms with Crippen LogP contribution in [-0.4, -0.2) is 11.2 Å². The molecule has 0 bridgehead atoms.